The second-order valence-electron chi connectivity index (χ2n) is 3.97. The molecule has 6 heteroatoms. The van der Waals surface area contributed by atoms with Crippen molar-refractivity contribution in [3.8, 4) is 17.2 Å². The van der Waals surface area contributed by atoms with Gasteiger partial charge in [-0.1, -0.05) is 12.1 Å². The molecule has 2 aromatic carbocycles. The molecule has 5 nitrogen and oxygen atoms in total. The Balaban J connectivity index is 2.27. The number of ether oxygens (including phenoxy) is 1. The van der Waals surface area contributed by atoms with Crippen LogP contribution in [0.5, 0.6) is 17.2 Å². The highest BCUT2D eigenvalue weighted by Crippen LogP contribution is 2.30. The molecule has 19 heavy (non-hydrogen) atoms. The summed E-state index contributed by atoms with van der Waals surface area (Å²) in [7, 11) is -3.37. The van der Waals surface area contributed by atoms with E-state index in [4.69, 9.17) is 4.74 Å². The van der Waals surface area contributed by atoms with Crippen molar-refractivity contribution in [3.63, 3.8) is 0 Å². The summed E-state index contributed by atoms with van der Waals surface area (Å²) in [6.45, 7) is 0. The Morgan fingerprint density at radius 1 is 1.05 bits per heavy atom. The van der Waals surface area contributed by atoms with Gasteiger partial charge in [0, 0.05) is 0 Å². The van der Waals surface area contributed by atoms with Crippen LogP contribution in [0.25, 0.3) is 0 Å². The number of hydrogen-bond acceptors (Lipinski definition) is 4. The molecule has 0 atom stereocenters. The number of anilines is 1. The Hall–Kier alpha value is -2.21. The number of aromatic hydroxyl groups is 1. The van der Waals surface area contributed by atoms with Gasteiger partial charge in [0.2, 0.25) is 10.0 Å². The fourth-order valence-corrected chi connectivity index (χ4v) is 2.05. The Bertz CT molecular complexity index is 665. The van der Waals surface area contributed by atoms with E-state index in [2.05, 4.69) is 4.72 Å². The molecule has 0 amide bonds. The molecule has 0 spiro atoms. The van der Waals surface area contributed by atoms with Gasteiger partial charge in [-0.25, -0.2) is 8.42 Å². The Kier molecular flexibility index (Phi) is 3.62. The summed E-state index contributed by atoms with van der Waals surface area (Å²) in [5.41, 5.74) is 0.359. The van der Waals surface area contributed by atoms with E-state index in [0.29, 0.717) is 17.2 Å². The van der Waals surface area contributed by atoms with Crippen LogP contribution >= 0.6 is 0 Å². The van der Waals surface area contributed by atoms with E-state index in [-0.39, 0.29) is 5.75 Å². The summed E-state index contributed by atoms with van der Waals surface area (Å²) in [5, 5.41) is 9.18. The monoisotopic (exact) mass is 279 g/mol. The number of nitrogens with one attached hydrogen (secondary N) is 1. The molecule has 100 valence electrons. The van der Waals surface area contributed by atoms with Crippen molar-refractivity contribution in [1.29, 1.82) is 0 Å². The summed E-state index contributed by atoms with van der Waals surface area (Å²) >= 11 is 0. The van der Waals surface area contributed by atoms with E-state index in [1.807, 2.05) is 0 Å². The van der Waals surface area contributed by atoms with Gasteiger partial charge in [-0.15, -0.1) is 0 Å². The van der Waals surface area contributed by atoms with Crippen LogP contribution in [0, 0.1) is 0 Å². The van der Waals surface area contributed by atoms with Gasteiger partial charge in [0.1, 0.15) is 11.5 Å². The predicted octanol–water partition coefficient (Wildman–Crippen LogP) is 2.56. The largest absolute Gasteiger partial charge is 0.508 e. The summed E-state index contributed by atoms with van der Waals surface area (Å²) in [6, 6.07) is 12.9. The van der Waals surface area contributed by atoms with E-state index >= 15 is 0 Å². The van der Waals surface area contributed by atoms with Gasteiger partial charge in [0.05, 0.1) is 11.9 Å². The number of sulfonamides is 1. The highest BCUT2D eigenvalue weighted by atomic mass is 32.2. The zero-order valence-corrected chi connectivity index (χ0v) is 11.0. The van der Waals surface area contributed by atoms with Crippen molar-refractivity contribution in [2.45, 2.75) is 0 Å². The first kappa shape index (κ1) is 13.2. The molecule has 0 unspecified atom stereocenters. The van der Waals surface area contributed by atoms with Gasteiger partial charge < -0.3 is 9.84 Å². The van der Waals surface area contributed by atoms with Crippen LogP contribution in [0.3, 0.4) is 0 Å². The average molecular weight is 279 g/mol. The van der Waals surface area contributed by atoms with Crippen molar-refractivity contribution < 1.29 is 18.3 Å². The maximum atomic E-state index is 11.3. The maximum absolute atomic E-state index is 11.3. The Morgan fingerprint density at radius 3 is 2.32 bits per heavy atom. The molecule has 2 N–H and O–H groups in total. The Morgan fingerprint density at radius 2 is 1.68 bits per heavy atom. The van der Waals surface area contributed by atoms with Crippen molar-refractivity contribution in [3.05, 3.63) is 48.5 Å². The van der Waals surface area contributed by atoms with Crippen molar-refractivity contribution in [2.75, 3.05) is 11.0 Å². The molecule has 0 saturated heterocycles. The number of benzene rings is 2. The summed E-state index contributed by atoms with van der Waals surface area (Å²) in [6.07, 6.45) is 1.07. The zero-order valence-electron chi connectivity index (χ0n) is 10.2. The minimum Gasteiger partial charge on any atom is -0.508 e. The number of hydrogen-bond donors (Lipinski definition) is 2. The third-order valence-electron chi connectivity index (χ3n) is 2.25. The minimum atomic E-state index is -3.37. The normalized spacial score (nSPS) is 11.0. The topological polar surface area (TPSA) is 75.6 Å². The van der Waals surface area contributed by atoms with Crippen LogP contribution in [0.1, 0.15) is 0 Å². The van der Waals surface area contributed by atoms with E-state index in [1.54, 1.807) is 36.4 Å². The number of rotatable bonds is 4. The Labute approximate surface area is 111 Å². The van der Waals surface area contributed by atoms with Gasteiger partial charge in [0.25, 0.3) is 0 Å². The lowest BCUT2D eigenvalue weighted by molar-refractivity contribution is 0.465. The standard InChI is InChI=1S/C13H13NO4S/c1-19(16,17)14-12-4-2-3-5-13(12)18-11-8-6-10(15)7-9-11/h2-9,14-15H,1H3. The molecule has 0 aliphatic heterocycles. The highest BCUT2D eigenvalue weighted by Gasteiger charge is 2.08. The number of phenols is 1. The van der Waals surface area contributed by atoms with Gasteiger partial charge in [-0.05, 0) is 36.4 Å². The molecule has 0 saturated carbocycles. The lowest BCUT2D eigenvalue weighted by atomic mass is 10.3. The molecule has 0 aliphatic rings. The van der Waals surface area contributed by atoms with Crippen LogP contribution in [0.15, 0.2) is 48.5 Å². The molecule has 0 radical (unpaired) electrons. The average Bonchev–Trinajstić information content (AvgIpc) is 2.33. The summed E-state index contributed by atoms with van der Waals surface area (Å²) < 4.78 is 30.5. The molecule has 0 bridgehead atoms. The van der Waals surface area contributed by atoms with Gasteiger partial charge >= 0.3 is 0 Å². The maximum Gasteiger partial charge on any atom is 0.229 e. The molecule has 2 rings (SSSR count). The SMILES string of the molecule is CS(=O)(=O)Nc1ccccc1Oc1ccc(O)cc1. The van der Waals surface area contributed by atoms with E-state index < -0.39 is 10.0 Å². The number of para-hydroxylation sites is 2. The van der Waals surface area contributed by atoms with Gasteiger partial charge in [-0.3, -0.25) is 4.72 Å². The van der Waals surface area contributed by atoms with Crippen molar-refractivity contribution in [1.82, 2.24) is 0 Å². The fourth-order valence-electron chi connectivity index (χ4n) is 1.48. The van der Waals surface area contributed by atoms with E-state index in [1.165, 1.54) is 12.1 Å². The smallest absolute Gasteiger partial charge is 0.229 e. The summed E-state index contributed by atoms with van der Waals surface area (Å²) in [5.74, 6) is 1.02. The quantitative estimate of drug-likeness (QED) is 0.901. The van der Waals surface area contributed by atoms with Gasteiger partial charge in [-0.2, -0.15) is 0 Å². The van der Waals surface area contributed by atoms with Crippen molar-refractivity contribution >= 4 is 15.7 Å². The molecule has 0 aliphatic carbocycles. The lowest BCUT2D eigenvalue weighted by Gasteiger charge is -2.11. The van der Waals surface area contributed by atoms with Crippen LogP contribution < -0.4 is 9.46 Å². The van der Waals surface area contributed by atoms with Crippen LogP contribution in [-0.2, 0) is 10.0 Å². The fraction of sp³-hybridized carbons (Fsp3) is 0.0769. The molecular weight excluding hydrogens is 266 g/mol. The number of phenolic OH excluding ortho intramolecular Hbond substituents is 1. The van der Waals surface area contributed by atoms with Crippen LogP contribution in [-0.4, -0.2) is 19.8 Å². The highest BCUT2D eigenvalue weighted by molar-refractivity contribution is 7.92. The molecular formula is C13H13NO4S. The lowest BCUT2D eigenvalue weighted by Crippen LogP contribution is -2.10. The zero-order chi connectivity index (χ0) is 13.9. The van der Waals surface area contributed by atoms with E-state index in [9.17, 15) is 13.5 Å². The predicted molar refractivity (Wildman–Crippen MR) is 73.1 cm³/mol. The molecule has 0 aromatic heterocycles. The first-order chi connectivity index (χ1) is 8.94. The summed E-state index contributed by atoms with van der Waals surface area (Å²) in [4.78, 5) is 0. The minimum absolute atomic E-state index is 0.134. The second kappa shape index (κ2) is 5.19. The van der Waals surface area contributed by atoms with Crippen LogP contribution in [0.2, 0.25) is 0 Å². The molecule has 0 fully saturated rings. The van der Waals surface area contributed by atoms with Gasteiger partial charge in [0.15, 0.2) is 5.75 Å². The molecule has 0 heterocycles. The third-order valence-corrected chi connectivity index (χ3v) is 2.84. The van der Waals surface area contributed by atoms with Crippen molar-refractivity contribution in [2.24, 2.45) is 0 Å². The van der Waals surface area contributed by atoms with E-state index in [0.717, 1.165) is 6.26 Å². The first-order valence-electron chi connectivity index (χ1n) is 5.48. The first-order valence-corrected chi connectivity index (χ1v) is 7.37. The third kappa shape index (κ3) is 3.89. The van der Waals surface area contributed by atoms with Crippen LogP contribution in [0.4, 0.5) is 5.69 Å². The second-order valence-corrected chi connectivity index (χ2v) is 5.71. The molecule has 2 aromatic rings.